The molecule has 2 aliphatic rings. The van der Waals surface area contributed by atoms with Gasteiger partial charge in [0, 0.05) is 28.7 Å². The summed E-state index contributed by atoms with van der Waals surface area (Å²) in [6.45, 7) is 1.30. The molecule has 0 bridgehead atoms. The molecule has 0 radical (unpaired) electrons. The van der Waals surface area contributed by atoms with Crippen LogP contribution in [0, 0.1) is 0 Å². The SMILES string of the molecule is CN(C(=O)CN1C(=O)N[C@@](C)(c2ccc(Cl)cc2Cl)C1=O)C1CCCCC1. The molecular weight excluding hydrogens is 389 g/mol. The number of carbonyl (C=O) groups excluding carboxylic acids is 3. The molecule has 1 aliphatic carbocycles. The highest BCUT2D eigenvalue weighted by Gasteiger charge is 2.50. The molecule has 27 heavy (non-hydrogen) atoms. The molecule has 0 aromatic heterocycles. The van der Waals surface area contributed by atoms with Crippen LogP contribution < -0.4 is 5.32 Å². The van der Waals surface area contributed by atoms with Crippen LogP contribution in [0.5, 0.6) is 0 Å². The van der Waals surface area contributed by atoms with Gasteiger partial charge in [-0.3, -0.25) is 14.5 Å². The van der Waals surface area contributed by atoms with Gasteiger partial charge in [0.15, 0.2) is 0 Å². The normalized spacial score (nSPS) is 23.5. The minimum atomic E-state index is -1.33. The number of hydrogen-bond donors (Lipinski definition) is 1. The Hall–Kier alpha value is -1.79. The van der Waals surface area contributed by atoms with E-state index in [-0.39, 0.29) is 23.5 Å². The van der Waals surface area contributed by atoms with Gasteiger partial charge in [0.05, 0.1) is 0 Å². The van der Waals surface area contributed by atoms with Crippen molar-refractivity contribution >= 4 is 41.0 Å². The average molecular weight is 412 g/mol. The third-order valence-electron chi connectivity index (χ3n) is 5.55. The number of benzene rings is 1. The number of nitrogens with zero attached hydrogens (tertiary/aromatic N) is 2. The number of halogens is 2. The van der Waals surface area contributed by atoms with E-state index in [1.54, 1.807) is 31.0 Å². The molecule has 1 saturated carbocycles. The van der Waals surface area contributed by atoms with Crippen LogP contribution in [-0.4, -0.2) is 47.3 Å². The van der Waals surface area contributed by atoms with Crippen LogP contribution in [0.2, 0.25) is 10.0 Å². The summed E-state index contributed by atoms with van der Waals surface area (Å²) in [5, 5.41) is 3.39. The van der Waals surface area contributed by atoms with Crippen molar-refractivity contribution in [2.45, 2.75) is 50.6 Å². The Morgan fingerprint density at radius 2 is 1.93 bits per heavy atom. The number of hydrogen-bond acceptors (Lipinski definition) is 3. The predicted molar refractivity (Wildman–Crippen MR) is 104 cm³/mol. The minimum absolute atomic E-state index is 0.170. The average Bonchev–Trinajstić information content (AvgIpc) is 2.85. The number of urea groups is 1. The summed E-state index contributed by atoms with van der Waals surface area (Å²) in [5.74, 6) is -0.737. The molecule has 8 heteroatoms. The highest BCUT2D eigenvalue weighted by molar-refractivity contribution is 6.35. The van der Waals surface area contributed by atoms with Crippen molar-refractivity contribution in [1.82, 2.24) is 15.1 Å². The first-order valence-corrected chi connectivity index (χ1v) is 9.85. The molecule has 2 fully saturated rings. The third-order valence-corrected chi connectivity index (χ3v) is 6.10. The second kappa shape index (κ2) is 7.68. The number of amides is 4. The van der Waals surface area contributed by atoms with Crippen molar-refractivity contribution in [2.24, 2.45) is 0 Å². The van der Waals surface area contributed by atoms with Gasteiger partial charge in [0.2, 0.25) is 5.91 Å². The molecule has 1 aromatic carbocycles. The number of rotatable bonds is 4. The van der Waals surface area contributed by atoms with Crippen LogP contribution in [0.25, 0.3) is 0 Å². The van der Waals surface area contributed by atoms with Crippen molar-refractivity contribution < 1.29 is 14.4 Å². The maximum atomic E-state index is 13.0. The van der Waals surface area contributed by atoms with Crippen molar-refractivity contribution in [3.63, 3.8) is 0 Å². The summed E-state index contributed by atoms with van der Waals surface area (Å²) in [7, 11) is 1.74. The zero-order valence-electron chi connectivity index (χ0n) is 15.4. The fourth-order valence-electron chi connectivity index (χ4n) is 3.84. The Morgan fingerprint density at radius 1 is 1.26 bits per heavy atom. The van der Waals surface area contributed by atoms with E-state index >= 15 is 0 Å². The number of carbonyl (C=O) groups is 3. The van der Waals surface area contributed by atoms with Gasteiger partial charge in [-0.1, -0.05) is 48.5 Å². The van der Waals surface area contributed by atoms with Gasteiger partial charge < -0.3 is 10.2 Å². The van der Waals surface area contributed by atoms with Gasteiger partial charge in [-0.2, -0.15) is 0 Å². The first-order chi connectivity index (χ1) is 12.7. The van der Waals surface area contributed by atoms with Gasteiger partial charge in [-0.15, -0.1) is 0 Å². The van der Waals surface area contributed by atoms with Crippen LogP contribution in [-0.2, 0) is 15.1 Å². The highest BCUT2D eigenvalue weighted by Crippen LogP contribution is 2.35. The van der Waals surface area contributed by atoms with E-state index in [4.69, 9.17) is 23.2 Å². The number of imide groups is 1. The van der Waals surface area contributed by atoms with E-state index in [2.05, 4.69) is 5.32 Å². The summed E-state index contributed by atoms with van der Waals surface area (Å²) >= 11 is 12.2. The summed E-state index contributed by atoms with van der Waals surface area (Å²) in [6.07, 6.45) is 5.30. The molecule has 1 N–H and O–H groups in total. The van der Waals surface area contributed by atoms with Gasteiger partial charge in [0.25, 0.3) is 5.91 Å². The van der Waals surface area contributed by atoms with Gasteiger partial charge in [-0.25, -0.2) is 4.79 Å². The Balaban J connectivity index is 1.76. The Kier molecular flexibility index (Phi) is 5.68. The molecule has 4 amide bonds. The lowest BCUT2D eigenvalue weighted by Gasteiger charge is -2.32. The zero-order chi connectivity index (χ0) is 19.8. The van der Waals surface area contributed by atoms with Crippen LogP contribution in [0.3, 0.4) is 0 Å². The number of nitrogens with one attached hydrogen (secondary N) is 1. The smallest absolute Gasteiger partial charge is 0.325 e. The van der Waals surface area contributed by atoms with Crippen molar-refractivity contribution in [3.05, 3.63) is 33.8 Å². The molecule has 1 aliphatic heterocycles. The molecular formula is C19H23Cl2N3O3. The molecule has 1 heterocycles. The standard InChI is InChI=1S/C19H23Cl2N3O3/c1-19(14-9-8-12(20)10-15(14)21)17(26)24(18(27)22-19)11-16(25)23(2)13-6-4-3-5-7-13/h8-10,13H,3-7,11H2,1-2H3,(H,22,27)/t19-/m0/s1. The minimum Gasteiger partial charge on any atom is -0.341 e. The Labute approximate surface area is 168 Å². The van der Waals surface area contributed by atoms with E-state index in [0.29, 0.717) is 10.6 Å². The molecule has 0 spiro atoms. The summed E-state index contributed by atoms with van der Waals surface area (Å²) < 4.78 is 0. The first-order valence-electron chi connectivity index (χ1n) is 9.09. The van der Waals surface area contributed by atoms with Crippen molar-refractivity contribution in [3.8, 4) is 0 Å². The van der Waals surface area contributed by atoms with Crippen LogP contribution >= 0.6 is 23.2 Å². The molecule has 1 atom stereocenters. The maximum Gasteiger partial charge on any atom is 0.325 e. The molecule has 3 rings (SSSR count). The largest absolute Gasteiger partial charge is 0.341 e. The molecule has 146 valence electrons. The summed E-state index contributed by atoms with van der Waals surface area (Å²) in [4.78, 5) is 40.7. The van der Waals surface area contributed by atoms with E-state index in [0.717, 1.165) is 30.6 Å². The van der Waals surface area contributed by atoms with Crippen LogP contribution in [0.1, 0.15) is 44.6 Å². The maximum absolute atomic E-state index is 13.0. The van der Waals surface area contributed by atoms with Crippen molar-refractivity contribution in [2.75, 3.05) is 13.6 Å². The molecule has 6 nitrogen and oxygen atoms in total. The van der Waals surface area contributed by atoms with E-state index in [1.165, 1.54) is 12.5 Å². The van der Waals surface area contributed by atoms with E-state index < -0.39 is 17.5 Å². The second-order valence-corrected chi connectivity index (χ2v) is 8.21. The van der Waals surface area contributed by atoms with Crippen LogP contribution in [0.4, 0.5) is 4.79 Å². The third kappa shape index (κ3) is 3.78. The van der Waals surface area contributed by atoms with E-state index in [1.807, 2.05) is 0 Å². The molecule has 1 aromatic rings. The van der Waals surface area contributed by atoms with Gasteiger partial charge in [0.1, 0.15) is 12.1 Å². The monoisotopic (exact) mass is 411 g/mol. The topological polar surface area (TPSA) is 69.7 Å². The first kappa shape index (κ1) is 20.0. The van der Waals surface area contributed by atoms with Crippen molar-refractivity contribution in [1.29, 1.82) is 0 Å². The van der Waals surface area contributed by atoms with Gasteiger partial charge >= 0.3 is 6.03 Å². The van der Waals surface area contributed by atoms with E-state index in [9.17, 15) is 14.4 Å². The molecule has 0 unspecified atom stereocenters. The lowest BCUT2D eigenvalue weighted by Crippen LogP contribution is -2.46. The Morgan fingerprint density at radius 3 is 2.56 bits per heavy atom. The Bertz CT molecular complexity index is 779. The second-order valence-electron chi connectivity index (χ2n) is 7.37. The summed E-state index contributed by atoms with van der Waals surface area (Å²) in [6, 6.07) is 4.32. The fraction of sp³-hybridized carbons (Fsp3) is 0.526. The lowest BCUT2D eigenvalue weighted by molar-refractivity contribution is -0.139. The fourth-order valence-corrected chi connectivity index (χ4v) is 4.43. The lowest BCUT2D eigenvalue weighted by atomic mass is 9.92. The zero-order valence-corrected chi connectivity index (χ0v) is 16.9. The molecule has 1 saturated heterocycles. The predicted octanol–water partition coefficient (Wildman–Crippen LogP) is 3.55. The highest BCUT2D eigenvalue weighted by atomic mass is 35.5. The van der Waals surface area contributed by atoms with Crippen LogP contribution in [0.15, 0.2) is 18.2 Å². The summed E-state index contributed by atoms with van der Waals surface area (Å²) in [5.41, 5.74) is -0.884. The number of likely N-dealkylation sites (N-methyl/N-ethyl adjacent to an activating group) is 1. The quantitative estimate of drug-likeness (QED) is 0.769. The van der Waals surface area contributed by atoms with Gasteiger partial charge in [-0.05, 0) is 31.9 Å².